The van der Waals surface area contributed by atoms with Crippen LogP contribution in [0.3, 0.4) is 0 Å². The maximum absolute atomic E-state index is 12.4. The normalized spacial score (nSPS) is 21.2. The lowest BCUT2D eigenvalue weighted by molar-refractivity contribution is -0.150. The first-order valence-corrected chi connectivity index (χ1v) is 8.51. The highest BCUT2D eigenvalue weighted by Gasteiger charge is 2.38. The van der Waals surface area contributed by atoms with E-state index in [9.17, 15) is 9.59 Å². The van der Waals surface area contributed by atoms with Gasteiger partial charge in [0.25, 0.3) is 0 Å². The Hall–Kier alpha value is -2.04. The first kappa shape index (κ1) is 18.3. The van der Waals surface area contributed by atoms with Crippen molar-refractivity contribution in [3.05, 3.63) is 35.9 Å². The van der Waals surface area contributed by atoms with E-state index in [-0.39, 0.29) is 23.9 Å². The molecule has 5 nitrogen and oxygen atoms in total. The molecule has 0 aromatic heterocycles. The molecule has 5 heteroatoms. The zero-order chi connectivity index (χ0) is 17.7. The molecule has 2 atom stereocenters. The standard InChI is InChI=1S/C19H27NO4/c1-5-23-17(21)15-11-12-20(18(22)24-19(2,3)4)13-16(15)14-9-7-6-8-10-14/h6-10,15-16H,5,11-13H2,1-4H3/t15?,16-/m0/s1. The Morgan fingerprint density at radius 2 is 1.88 bits per heavy atom. The number of esters is 1. The van der Waals surface area contributed by atoms with Gasteiger partial charge in [0.1, 0.15) is 5.60 Å². The monoisotopic (exact) mass is 333 g/mol. The lowest BCUT2D eigenvalue weighted by Gasteiger charge is -2.38. The van der Waals surface area contributed by atoms with Crippen LogP contribution in [0, 0.1) is 5.92 Å². The summed E-state index contributed by atoms with van der Waals surface area (Å²) < 4.78 is 10.7. The minimum atomic E-state index is -0.530. The predicted molar refractivity (Wildman–Crippen MR) is 91.7 cm³/mol. The second kappa shape index (κ2) is 7.69. The molecule has 1 unspecified atom stereocenters. The number of carbonyl (C=O) groups is 2. The van der Waals surface area contributed by atoms with E-state index >= 15 is 0 Å². The van der Waals surface area contributed by atoms with Crippen molar-refractivity contribution in [3.8, 4) is 0 Å². The maximum Gasteiger partial charge on any atom is 0.410 e. The molecule has 1 saturated heterocycles. The molecule has 1 aromatic carbocycles. The molecular weight excluding hydrogens is 306 g/mol. The zero-order valence-electron chi connectivity index (χ0n) is 15.0. The molecule has 2 rings (SSSR count). The lowest BCUT2D eigenvalue weighted by Crippen LogP contribution is -2.47. The summed E-state index contributed by atoms with van der Waals surface area (Å²) in [4.78, 5) is 26.4. The van der Waals surface area contributed by atoms with Crippen LogP contribution in [0.2, 0.25) is 0 Å². The first-order chi connectivity index (χ1) is 11.3. The smallest absolute Gasteiger partial charge is 0.410 e. The van der Waals surface area contributed by atoms with Crippen molar-refractivity contribution in [1.82, 2.24) is 4.90 Å². The van der Waals surface area contributed by atoms with Gasteiger partial charge in [-0.15, -0.1) is 0 Å². The molecule has 132 valence electrons. The highest BCUT2D eigenvalue weighted by atomic mass is 16.6. The fourth-order valence-corrected chi connectivity index (χ4v) is 3.01. The number of hydrogen-bond acceptors (Lipinski definition) is 4. The van der Waals surface area contributed by atoms with Crippen LogP contribution in [0.25, 0.3) is 0 Å². The summed E-state index contributed by atoms with van der Waals surface area (Å²) in [6, 6.07) is 9.83. The van der Waals surface area contributed by atoms with Crippen LogP contribution in [0.4, 0.5) is 4.79 Å². The largest absolute Gasteiger partial charge is 0.466 e. The molecule has 1 aromatic rings. The van der Waals surface area contributed by atoms with Crippen LogP contribution in [-0.4, -0.2) is 42.3 Å². The third kappa shape index (κ3) is 4.73. The maximum atomic E-state index is 12.4. The van der Waals surface area contributed by atoms with Crippen molar-refractivity contribution in [2.75, 3.05) is 19.7 Å². The zero-order valence-corrected chi connectivity index (χ0v) is 15.0. The number of amides is 1. The summed E-state index contributed by atoms with van der Waals surface area (Å²) >= 11 is 0. The van der Waals surface area contributed by atoms with Gasteiger partial charge in [-0.1, -0.05) is 30.3 Å². The van der Waals surface area contributed by atoms with Crippen LogP contribution in [-0.2, 0) is 14.3 Å². The fourth-order valence-electron chi connectivity index (χ4n) is 3.01. The Balaban J connectivity index is 2.18. The summed E-state index contributed by atoms with van der Waals surface area (Å²) in [5.41, 5.74) is 0.515. The van der Waals surface area contributed by atoms with Gasteiger partial charge in [-0.05, 0) is 39.7 Å². The number of hydrogen-bond donors (Lipinski definition) is 0. The first-order valence-electron chi connectivity index (χ1n) is 8.51. The number of carbonyl (C=O) groups excluding carboxylic acids is 2. The van der Waals surface area contributed by atoms with Crippen LogP contribution in [0.1, 0.15) is 45.6 Å². The Morgan fingerprint density at radius 1 is 1.21 bits per heavy atom. The molecule has 24 heavy (non-hydrogen) atoms. The van der Waals surface area contributed by atoms with Gasteiger partial charge in [0.15, 0.2) is 0 Å². The number of rotatable bonds is 3. The van der Waals surface area contributed by atoms with E-state index in [0.29, 0.717) is 26.1 Å². The molecule has 1 aliphatic heterocycles. The predicted octanol–water partition coefficient (Wildman–Crippen LogP) is 3.59. The second-order valence-electron chi connectivity index (χ2n) is 7.09. The van der Waals surface area contributed by atoms with Crippen molar-refractivity contribution < 1.29 is 19.1 Å². The van der Waals surface area contributed by atoms with E-state index in [1.165, 1.54) is 0 Å². The molecular formula is C19H27NO4. The SMILES string of the molecule is CCOC(=O)C1CCN(C(=O)OC(C)(C)C)C[C@H]1c1ccccc1. The van der Waals surface area contributed by atoms with Crippen LogP contribution in [0.5, 0.6) is 0 Å². The molecule has 0 radical (unpaired) electrons. The van der Waals surface area contributed by atoms with E-state index in [1.807, 2.05) is 58.0 Å². The van der Waals surface area contributed by atoms with Crippen LogP contribution in [0.15, 0.2) is 30.3 Å². The average molecular weight is 333 g/mol. The Bertz CT molecular complexity index is 564. The molecule has 0 aliphatic carbocycles. The summed E-state index contributed by atoms with van der Waals surface area (Å²) in [6.45, 7) is 8.70. The summed E-state index contributed by atoms with van der Waals surface area (Å²) in [6.07, 6.45) is 0.253. The van der Waals surface area contributed by atoms with Crippen molar-refractivity contribution in [2.24, 2.45) is 5.92 Å². The minimum absolute atomic E-state index is 0.0773. The lowest BCUT2D eigenvalue weighted by atomic mass is 9.81. The molecule has 0 N–H and O–H groups in total. The Kier molecular flexibility index (Phi) is 5.86. The number of nitrogens with zero attached hydrogens (tertiary/aromatic N) is 1. The van der Waals surface area contributed by atoms with Crippen molar-refractivity contribution in [3.63, 3.8) is 0 Å². The molecule has 0 saturated carbocycles. The molecule has 1 aliphatic rings. The van der Waals surface area contributed by atoms with Gasteiger partial charge in [0, 0.05) is 19.0 Å². The van der Waals surface area contributed by atoms with Crippen LogP contribution >= 0.6 is 0 Å². The third-order valence-corrected chi connectivity index (χ3v) is 4.08. The van der Waals surface area contributed by atoms with Gasteiger partial charge >= 0.3 is 12.1 Å². The van der Waals surface area contributed by atoms with Gasteiger partial charge in [-0.2, -0.15) is 0 Å². The molecule has 1 fully saturated rings. The third-order valence-electron chi connectivity index (χ3n) is 4.08. The number of piperidine rings is 1. The van der Waals surface area contributed by atoms with Gasteiger partial charge in [-0.25, -0.2) is 4.79 Å². The Labute approximate surface area is 143 Å². The number of ether oxygens (including phenoxy) is 2. The van der Waals surface area contributed by atoms with E-state index in [4.69, 9.17) is 9.47 Å². The van der Waals surface area contributed by atoms with E-state index in [0.717, 1.165) is 5.56 Å². The van der Waals surface area contributed by atoms with Crippen molar-refractivity contribution in [1.29, 1.82) is 0 Å². The summed E-state index contributed by atoms with van der Waals surface area (Å²) in [7, 11) is 0. The average Bonchev–Trinajstić information content (AvgIpc) is 2.54. The van der Waals surface area contributed by atoms with E-state index < -0.39 is 5.60 Å². The highest BCUT2D eigenvalue weighted by Crippen LogP contribution is 2.34. The van der Waals surface area contributed by atoms with Gasteiger partial charge in [0.05, 0.1) is 12.5 Å². The molecule has 1 heterocycles. The van der Waals surface area contributed by atoms with Crippen LogP contribution < -0.4 is 0 Å². The van der Waals surface area contributed by atoms with E-state index in [1.54, 1.807) is 4.90 Å². The second-order valence-corrected chi connectivity index (χ2v) is 7.09. The number of benzene rings is 1. The minimum Gasteiger partial charge on any atom is -0.466 e. The number of likely N-dealkylation sites (tertiary alicyclic amines) is 1. The quantitative estimate of drug-likeness (QED) is 0.793. The summed E-state index contributed by atoms with van der Waals surface area (Å²) in [5.74, 6) is -0.493. The fraction of sp³-hybridized carbons (Fsp3) is 0.579. The highest BCUT2D eigenvalue weighted by molar-refractivity contribution is 5.75. The molecule has 0 spiro atoms. The molecule has 0 bridgehead atoms. The van der Waals surface area contributed by atoms with Gasteiger partial charge in [0.2, 0.25) is 0 Å². The molecule has 1 amide bonds. The topological polar surface area (TPSA) is 55.8 Å². The van der Waals surface area contributed by atoms with Gasteiger partial charge < -0.3 is 14.4 Å². The Morgan fingerprint density at radius 3 is 2.46 bits per heavy atom. The summed E-state index contributed by atoms with van der Waals surface area (Å²) in [5, 5.41) is 0. The van der Waals surface area contributed by atoms with Crippen molar-refractivity contribution >= 4 is 12.1 Å². The van der Waals surface area contributed by atoms with Crippen molar-refractivity contribution in [2.45, 2.75) is 45.6 Å². The van der Waals surface area contributed by atoms with Gasteiger partial charge in [-0.3, -0.25) is 4.79 Å². The van der Waals surface area contributed by atoms with E-state index in [2.05, 4.69) is 0 Å².